The number of methoxy groups -OCH3 is 1. The van der Waals surface area contributed by atoms with Gasteiger partial charge in [0.05, 0.1) is 7.11 Å². The van der Waals surface area contributed by atoms with Crippen LogP contribution < -0.4 is 5.32 Å². The number of ether oxygens (including phenoxy) is 2. The molecule has 2 fully saturated rings. The second-order valence-electron chi connectivity index (χ2n) is 9.66. The zero-order chi connectivity index (χ0) is 22.9. The van der Waals surface area contributed by atoms with Crippen molar-refractivity contribution in [3.05, 3.63) is 0 Å². The van der Waals surface area contributed by atoms with E-state index in [0.717, 1.165) is 64.2 Å². The number of aliphatic imine (C=N–C) groups is 1. The molecule has 31 heavy (non-hydrogen) atoms. The molecule has 1 aliphatic heterocycles. The Morgan fingerprint density at radius 3 is 2.32 bits per heavy atom. The van der Waals surface area contributed by atoms with E-state index in [2.05, 4.69) is 19.9 Å². The highest BCUT2D eigenvalue weighted by atomic mass is 16.6. The Morgan fingerprint density at radius 1 is 1.10 bits per heavy atom. The van der Waals surface area contributed by atoms with E-state index in [0.29, 0.717) is 12.3 Å². The number of rotatable bonds is 9. The Balaban J connectivity index is 1.76. The maximum absolute atomic E-state index is 12.8. The number of carbonyl (C=O) groups is 2. The van der Waals surface area contributed by atoms with E-state index < -0.39 is 5.60 Å². The smallest absolute Gasteiger partial charge is 0.410 e. The number of hydrogen-bond acceptors (Lipinski definition) is 5. The van der Waals surface area contributed by atoms with Gasteiger partial charge in [0.25, 0.3) is 0 Å². The van der Waals surface area contributed by atoms with Crippen LogP contribution in [0, 0.1) is 5.92 Å². The molecule has 2 rings (SSSR count). The van der Waals surface area contributed by atoms with Crippen molar-refractivity contribution in [2.45, 2.75) is 83.8 Å². The van der Waals surface area contributed by atoms with Crippen molar-refractivity contribution in [1.29, 1.82) is 0 Å². The van der Waals surface area contributed by atoms with Crippen LogP contribution in [-0.4, -0.2) is 79.8 Å². The Labute approximate surface area is 187 Å². The monoisotopic (exact) mass is 438 g/mol. The van der Waals surface area contributed by atoms with E-state index in [-0.39, 0.29) is 18.1 Å². The van der Waals surface area contributed by atoms with E-state index >= 15 is 0 Å². The molecule has 0 aromatic rings. The molecular weight excluding hydrogens is 396 g/mol. The van der Waals surface area contributed by atoms with Crippen LogP contribution in [0.5, 0.6) is 0 Å². The third-order valence-corrected chi connectivity index (χ3v) is 5.76. The van der Waals surface area contributed by atoms with Crippen LogP contribution in [0.2, 0.25) is 0 Å². The molecule has 1 saturated carbocycles. The summed E-state index contributed by atoms with van der Waals surface area (Å²) in [7, 11) is 3.24. The first-order valence-electron chi connectivity index (χ1n) is 11.8. The molecule has 0 aromatic carbocycles. The normalized spacial score (nSPS) is 18.0. The summed E-state index contributed by atoms with van der Waals surface area (Å²) >= 11 is 0. The maximum atomic E-state index is 12.8. The Bertz CT molecular complexity index is 605. The van der Waals surface area contributed by atoms with Crippen molar-refractivity contribution < 1.29 is 19.1 Å². The number of likely N-dealkylation sites (tertiary alicyclic amines) is 1. The van der Waals surface area contributed by atoms with Gasteiger partial charge in [-0.2, -0.15) is 0 Å². The van der Waals surface area contributed by atoms with Gasteiger partial charge in [-0.15, -0.1) is 0 Å². The van der Waals surface area contributed by atoms with Crippen molar-refractivity contribution in [2.75, 3.05) is 40.3 Å². The molecule has 0 unspecified atom stereocenters. The van der Waals surface area contributed by atoms with Gasteiger partial charge in [0.2, 0.25) is 0 Å². The minimum atomic E-state index is -0.470. The van der Waals surface area contributed by atoms with E-state index in [1.165, 1.54) is 20.0 Å². The van der Waals surface area contributed by atoms with Crippen LogP contribution in [0.1, 0.15) is 72.1 Å². The van der Waals surface area contributed by atoms with E-state index in [4.69, 9.17) is 4.74 Å². The standard InChI is InChI=1S/C23H42N4O4/c1-23(2,3)31-22(29)27(17-18-10-11-18)19-12-15-26(16-13-19)21(24-4)25-14-8-6-7-9-20(28)30-5/h18-19H,6-17H2,1-5H3,(H,24,25). The summed E-state index contributed by atoms with van der Waals surface area (Å²) < 4.78 is 10.4. The van der Waals surface area contributed by atoms with Crippen LogP contribution in [0.25, 0.3) is 0 Å². The topological polar surface area (TPSA) is 83.5 Å². The number of piperidine rings is 1. The van der Waals surface area contributed by atoms with Crippen LogP contribution in [0.4, 0.5) is 4.79 Å². The minimum absolute atomic E-state index is 0.145. The molecule has 8 heteroatoms. The quantitative estimate of drug-likeness (QED) is 0.257. The van der Waals surface area contributed by atoms with Crippen LogP contribution in [0.3, 0.4) is 0 Å². The zero-order valence-electron chi connectivity index (χ0n) is 20.1. The molecule has 1 saturated heterocycles. The molecule has 0 radical (unpaired) electrons. The van der Waals surface area contributed by atoms with Gasteiger partial charge < -0.3 is 24.6 Å². The first-order chi connectivity index (χ1) is 14.7. The van der Waals surface area contributed by atoms with Crippen LogP contribution >= 0.6 is 0 Å². The maximum Gasteiger partial charge on any atom is 0.410 e. The molecule has 0 bridgehead atoms. The van der Waals surface area contributed by atoms with Gasteiger partial charge in [0, 0.05) is 45.7 Å². The van der Waals surface area contributed by atoms with Crippen LogP contribution in [0.15, 0.2) is 4.99 Å². The van der Waals surface area contributed by atoms with Crippen LogP contribution in [-0.2, 0) is 14.3 Å². The summed E-state index contributed by atoms with van der Waals surface area (Å²) in [4.78, 5) is 32.7. The zero-order valence-corrected chi connectivity index (χ0v) is 20.1. The third kappa shape index (κ3) is 9.35. The minimum Gasteiger partial charge on any atom is -0.469 e. The van der Waals surface area contributed by atoms with E-state index in [9.17, 15) is 9.59 Å². The summed E-state index contributed by atoms with van der Waals surface area (Å²) in [5, 5.41) is 3.44. The highest BCUT2D eigenvalue weighted by Crippen LogP contribution is 2.32. The number of nitrogens with zero attached hydrogens (tertiary/aromatic N) is 3. The Morgan fingerprint density at radius 2 is 1.77 bits per heavy atom. The largest absolute Gasteiger partial charge is 0.469 e. The second-order valence-corrected chi connectivity index (χ2v) is 9.66. The number of amides is 1. The van der Waals surface area contributed by atoms with Crippen molar-refractivity contribution in [3.63, 3.8) is 0 Å². The molecule has 8 nitrogen and oxygen atoms in total. The van der Waals surface area contributed by atoms with Crippen molar-refractivity contribution in [3.8, 4) is 0 Å². The molecule has 1 N–H and O–H groups in total. The lowest BCUT2D eigenvalue weighted by Crippen LogP contribution is -2.52. The third-order valence-electron chi connectivity index (χ3n) is 5.76. The molecular formula is C23H42N4O4. The predicted octanol–water partition coefficient (Wildman–Crippen LogP) is 3.41. The molecule has 0 atom stereocenters. The van der Waals surface area contributed by atoms with E-state index in [1.807, 2.05) is 32.7 Å². The molecule has 1 amide bonds. The number of guanidine groups is 1. The van der Waals surface area contributed by atoms with E-state index in [1.54, 1.807) is 0 Å². The number of hydrogen-bond donors (Lipinski definition) is 1. The molecule has 0 spiro atoms. The highest BCUT2D eigenvalue weighted by molar-refractivity contribution is 5.80. The molecule has 0 aromatic heterocycles. The summed E-state index contributed by atoms with van der Waals surface area (Å²) in [6.07, 6.45) is 7.40. The lowest BCUT2D eigenvalue weighted by molar-refractivity contribution is -0.140. The average Bonchev–Trinajstić information content (AvgIpc) is 3.54. The van der Waals surface area contributed by atoms with Gasteiger partial charge in [-0.05, 0) is 65.2 Å². The number of unbranched alkanes of at least 4 members (excludes halogenated alkanes) is 2. The summed E-state index contributed by atoms with van der Waals surface area (Å²) in [5.74, 6) is 1.41. The molecule has 2 aliphatic rings. The fraction of sp³-hybridized carbons (Fsp3) is 0.870. The van der Waals surface area contributed by atoms with Crippen molar-refractivity contribution >= 4 is 18.0 Å². The SMILES string of the molecule is CN=C(NCCCCCC(=O)OC)N1CCC(N(CC2CC2)C(=O)OC(C)(C)C)CC1. The van der Waals surface area contributed by atoms with Gasteiger partial charge in [-0.25, -0.2) is 4.79 Å². The summed E-state index contributed by atoms with van der Waals surface area (Å²) in [6.45, 7) is 9.17. The van der Waals surface area contributed by atoms with Gasteiger partial charge in [-0.3, -0.25) is 9.79 Å². The predicted molar refractivity (Wildman–Crippen MR) is 122 cm³/mol. The van der Waals surface area contributed by atoms with Crippen molar-refractivity contribution in [2.24, 2.45) is 10.9 Å². The molecule has 178 valence electrons. The van der Waals surface area contributed by atoms with Gasteiger partial charge in [0.1, 0.15) is 5.60 Å². The Hall–Kier alpha value is -1.99. The molecule has 1 aliphatic carbocycles. The van der Waals surface area contributed by atoms with Gasteiger partial charge in [-0.1, -0.05) is 6.42 Å². The number of nitrogens with one attached hydrogen (secondary N) is 1. The Kier molecular flexibility index (Phi) is 9.91. The van der Waals surface area contributed by atoms with Gasteiger partial charge >= 0.3 is 12.1 Å². The summed E-state index contributed by atoms with van der Waals surface area (Å²) in [5.41, 5.74) is -0.470. The lowest BCUT2D eigenvalue weighted by Gasteiger charge is -2.40. The average molecular weight is 439 g/mol. The van der Waals surface area contributed by atoms with Gasteiger partial charge in [0.15, 0.2) is 5.96 Å². The lowest BCUT2D eigenvalue weighted by atomic mass is 10.0. The first kappa shape index (κ1) is 25.3. The van der Waals surface area contributed by atoms with Crippen molar-refractivity contribution in [1.82, 2.24) is 15.1 Å². The number of carbonyl (C=O) groups excluding carboxylic acids is 2. The molecule has 1 heterocycles. The second kappa shape index (κ2) is 12.2. The fourth-order valence-corrected chi connectivity index (χ4v) is 3.87. The highest BCUT2D eigenvalue weighted by Gasteiger charge is 2.35. The first-order valence-corrected chi connectivity index (χ1v) is 11.8. The fourth-order valence-electron chi connectivity index (χ4n) is 3.87. The number of esters is 1. The summed E-state index contributed by atoms with van der Waals surface area (Å²) in [6, 6.07) is 0.225.